The minimum atomic E-state index is -0.133. The predicted octanol–water partition coefficient (Wildman–Crippen LogP) is 15.3. The van der Waals surface area contributed by atoms with Gasteiger partial charge in [-0.05, 0) is 135 Å². The third-order valence-electron chi connectivity index (χ3n) is 12.7. The number of para-hydroxylation sites is 2. The number of nitrogens with zero attached hydrogens (tertiary/aromatic N) is 2. The van der Waals surface area contributed by atoms with E-state index in [-0.39, 0.29) is 10.8 Å². The zero-order valence-electron chi connectivity index (χ0n) is 33.8. The normalized spacial score (nSPS) is 15.3. The molecule has 0 N–H and O–H groups in total. The summed E-state index contributed by atoms with van der Waals surface area (Å²) in [4.78, 5) is 4.81. The summed E-state index contributed by atoms with van der Waals surface area (Å²) < 4.78 is 0. The summed E-state index contributed by atoms with van der Waals surface area (Å²) in [6.45, 7) is 9.45. The molecule has 10 rings (SSSR count). The Morgan fingerprint density at radius 3 is 1.52 bits per heavy atom. The summed E-state index contributed by atoms with van der Waals surface area (Å²) in [5.41, 5.74) is 20.2. The molecule has 0 aliphatic heterocycles. The molecule has 0 atom stereocenters. The van der Waals surface area contributed by atoms with Crippen molar-refractivity contribution in [3.63, 3.8) is 0 Å². The van der Waals surface area contributed by atoms with Crippen LogP contribution in [0.4, 0.5) is 28.4 Å². The zero-order chi connectivity index (χ0) is 39.4. The summed E-state index contributed by atoms with van der Waals surface area (Å²) in [6, 6.07) is 60.4. The SMILES string of the molecule is CC1(C)c2cc(/C=C/c3ccc(N(c4ccccc4)c4ccc5c(c4)C(C)(C)c4ccccc4-5)cc3)ccc2-c2ccc(N(C3=CC=CCC3)c3ccccc3)cc21. The fourth-order valence-corrected chi connectivity index (χ4v) is 9.60. The van der Waals surface area contributed by atoms with E-state index < -0.39 is 0 Å². The third kappa shape index (κ3) is 6.03. The molecule has 3 aliphatic carbocycles. The molecule has 0 saturated carbocycles. The number of hydrogen-bond donors (Lipinski definition) is 0. The Morgan fingerprint density at radius 1 is 0.414 bits per heavy atom. The van der Waals surface area contributed by atoms with Gasteiger partial charge >= 0.3 is 0 Å². The van der Waals surface area contributed by atoms with Crippen LogP contribution in [0.2, 0.25) is 0 Å². The van der Waals surface area contributed by atoms with Gasteiger partial charge in [0.25, 0.3) is 0 Å². The maximum Gasteiger partial charge on any atom is 0.0465 e. The molecule has 58 heavy (non-hydrogen) atoms. The van der Waals surface area contributed by atoms with Crippen LogP contribution in [0, 0.1) is 0 Å². The Morgan fingerprint density at radius 2 is 0.879 bits per heavy atom. The van der Waals surface area contributed by atoms with E-state index in [1.807, 2.05) is 0 Å². The molecule has 282 valence electrons. The average molecular weight is 749 g/mol. The van der Waals surface area contributed by atoms with Gasteiger partial charge in [0.15, 0.2) is 0 Å². The molecule has 0 radical (unpaired) electrons. The second-order valence-corrected chi connectivity index (χ2v) is 17.0. The van der Waals surface area contributed by atoms with Crippen LogP contribution in [0.5, 0.6) is 0 Å². The Balaban J connectivity index is 0.931. The lowest BCUT2D eigenvalue weighted by molar-refractivity contribution is 0.660. The maximum atomic E-state index is 2.44. The van der Waals surface area contributed by atoms with E-state index >= 15 is 0 Å². The molecule has 0 heterocycles. The van der Waals surface area contributed by atoms with Gasteiger partial charge in [0.2, 0.25) is 0 Å². The lowest BCUT2D eigenvalue weighted by Crippen LogP contribution is -2.19. The lowest BCUT2D eigenvalue weighted by atomic mass is 9.81. The summed E-state index contributed by atoms with van der Waals surface area (Å²) in [5.74, 6) is 0. The summed E-state index contributed by atoms with van der Waals surface area (Å²) in [7, 11) is 0. The van der Waals surface area contributed by atoms with Crippen molar-refractivity contribution in [1.29, 1.82) is 0 Å². The fraction of sp³-hybridized carbons (Fsp3) is 0.143. The molecule has 0 spiro atoms. The molecule has 7 aromatic carbocycles. The molecule has 0 unspecified atom stereocenters. The third-order valence-corrected chi connectivity index (χ3v) is 12.7. The second kappa shape index (κ2) is 14.1. The van der Waals surface area contributed by atoms with E-state index in [9.17, 15) is 0 Å². The van der Waals surface area contributed by atoms with Crippen molar-refractivity contribution in [2.45, 2.75) is 51.4 Å². The molecule has 0 amide bonds. The van der Waals surface area contributed by atoms with Gasteiger partial charge in [0, 0.05) is 45.0 Å². The molecular formula is C56H48N2. The Kier molecular flexibility index (Phi) is 8.68. The van der Waals surface area contributed by atoms with Crippen LogP contribution < -0.4 is 9.80 Å². The smallest absolute Gasteiger partial charge is 0.0465 e. The summed E-state index contributed by atoms with van der Waals surface area (Å²) in [5, 5.41) is 0. The highest BCUT2D eigenvalue weighted by Crippen LogP contribution is 2.52. The molecule has 2 heteroatoms. The van der Waals surface area contributed by atoms with Crippen molar-refractivity contribution in [2.75, 3.05) is 9.80 Å². The number of benzene rings is 7. The lowest BCUT2D eigenvalue weighted by Gasteiger charge is -2.30. The van der Waals surface area contributed by atoms with Gasteiger partial charge in [0.05, 0.1) is 0 Å². The number of anilines is 5. The van der Waals surface area contributed by atoms with E-state index in [1.165, 1.54) is 78.4 Å². The zero-order valence-corrected chi connectivity index (χ0v) is 33.8. The maximum absolute atomic E-state index is 2.44. The van der Waals surface area contributed by atoms with E-state index in [0.717, 1.165) is 24.2 Å². The first-order valence-electron chi connectivity index (χ1n) is 20.7. The van der Waals surface area contributed by atoms with E-state index in [1.54, 1.807) is 0 Å². The Hall–Kier alpha value is -6.64. The highest BCUT2D eigenvalue weighted by Gasteiger charge is 2.37. The molecular weight excluding hydrogens is 701 g/mol. The highest BCUT2D eigenvalue weighted by molar-refractivity contribution is 5.87. The van der Waals surface area contributed by atoms with Crippen molar-refractivity contribution in [3.05, 3.63) is 221 Å². The van der Waals surface area contributed by atoms with E-state index in [4.69, 9.17) is 0 Å². The number of rotatable bonds is 8. The van der Waals surface area contributed by atoms with Gasteiger partial charge in [-0.2, -0.15) is 0 Å². The van der Waals surface area contributed by atoms with Crippen LogP contribution >= 0.6 is 0 Å². The first-order valence-corrected chi connectivity index (χ1v) is 20.7. The predicted molar refractivity (Wildman–Crippen MR) is 247 cm³/mol. The molecule has 0 bridgehead atoms. The standard InChI is InChI=1S/C56H48N2/c1-55(2)51-23-15-14-22-47(51)49-34-31-46(37-53(49)55)58(43-20-12-7-13-21-43)44-29-26-39(27-30-44)24-25-40-28-33-48-50-35-32-45(38-54(50)56(3,4)52(48)36-40)57(41-16-8-5-9-17-41)42-18-10-6-11-19-42/h5-10,12-18,20-38H,11,19H2,1-4H3/b25-24+. The first-order chi connectivity index (χ1) is 28.3. The Labute approximate surface area is 343 Å². The molecule has 0 aromatic heterocycles. The molecule has 3 aliphatic rings. The van der Waals surface area contributed by atoms with Gasteiger partial charge in [0.1, 0.15) is 0 Å². The van der Waals surface area contributed by atoms with Crippen LogP contribution in [-0.4, -0.2) is 0 Å². The van der Waals surface area contributed by atoms with Gasteiger partial charge in [-0.15, -0.1) is 0 Å². The van der Waals surface area contributed by atoms with E-state index in [2.05, 4.69) is 232 Å². The molecule has 2 nitrogen and oxygen atoms in total. The van der Waals surface area contributed by atoms with Crippen LogP contribution in [0.15, 0.2) is 188 Å². The minimum Gasteiger partial charge on any atom is -0.314 e. The quantitative estimate of drug-likeness (QED) is 0.143. The van der Waals surface area contributed by atoms with Crippen molar-refractivity contribution in [3.8, 4) is 22.3 Å². The minimum absolute atomic E-state index is 0.0639. The topological polar surface area (TPSA) is 6.48 Å². The molecule has 7 aromatic rings. The van der Waals surface area contributed by atoms with Crippen molar-refractivity contribution in [1.82, 2.24) is 0 Å². The van der Waals surface area contributed by atoms with Crippen LogP contribution in [0.3, 0.4) is 0 Å². The second-order valence-electron chi connectivity index (χ2n) is 17.0. The van der Waals surface area contributed by atoms with Crippen molar-refractivity contribution in [2.24, 2.45) is 0 Å². The molecule has 0 fully saturated rings. The molecule has 0 saturated heterocycles. The number of allylic oxidation sites excluding steroid dienone is 4. The van der Waals surface area contributed by atoms with Crippen LogP contribution in [-0.2, 0) is 10.8 Å². The highest BCUT2D eigenvalue weighted by atomic mass is 15.2. The van der Waals surface area contributed by atoms with Gasteiger partial charge < -0.3 is 9.80 Å². The average Bonchev–Trinajstić information content (AvgIpc) is 3.63. The number of fused-ring (bicyclic) bond motifs is 6. The number of hydrogen-bond acceptors (Lipinski definition) is 2. The van der Waals surface area contributed by atoms with Crippen molar-refractivity contribution < 1.29 is 0 Å². The van der Waals surface area contributed by atoms with Gasteiger partial charge in [-0.3, -0.25) is 0 Å². The van der Waals surface area contributed by atoms with Gasteiger partial charge in [-0.1, -0.05) is 155 Å². The van der Waals surface area contributed by atoms with Crippen LogP contribution in [0.25, 0.3) is 34.4 Å². The Bertz CT molecular complexity index is 2770. The summed E-state index contributed by atoms with van der Waals surface area (Å²) >= 11 is 0. The largest absolute Gasteiger partial charge is 0.314 e. The van der Waals surface area contributed by atoms with E-state index in [0.29, 0.717) is 0 Å². The van der Waals surface area contributed by atoms with Crippen LogP contribution in [0.1, 0.15) is 73.9 Å². The van der Waals surface area contributed by atoms with Gasteiger partial charge in [-0.25, -0.2) is 0 Å². The fourth-order valence-electron chi connectivity index (χ4n) is 9.60. The summed E-state index contributed by atoms with van der Waals surface area (Å²) in [6.07, 6.45) is 13.3. The van der Waals surface area contributed by atoms with Crippen molar-refractivity contribution >= 4 is 40.6 Å². The first kappa shape index (κ1) is 35.8. The monoisotopic (exact) mass is 748 g/mol.